The third-order valence-electron chi connectivity index (χ3n) is 7.00. The van der Waals surface area contributed by atoms with Gasteiger partial charge < -0.3 is 25.0 Å². The molecule has 1 aliphatic carbocycles. The minimum atomic E-state index is -0.513. The first-order chi connectivity index (χ1) is 15.4. The first-order valence-electron chi connectivity index (χ1n) is 10.8. The SMILES string of the molecule is COc1ccc([C@@]23CC[C@@H](NC(=O)Nc4ccc(F)c(Cl)c4)C[C@@H]2N(C)CC3)cc1OC.Cl. The summed E-state index contributed by atoms with van der Waals surface area (Å²) >= 11 is 5.81. The molecular weight excluding hydrogens is 468 g/mol. The largest absolute Gasteiger partial charge is 0.493 e. The van der Waals surface area contributed by atoms with E-state index in [9.17, 15) is 9.18 Å². The average molecular weight is 498 g/mol. The lowest BCUT2D eigenvalue weighted by Crippen LogP contribution is -2.52. The fourth-order valence-electron chi connectivity index (χ4n) is 5.32. The molecule has 3 atom stereocenters. The highest BCUT2D eigenvalue weighted by molar-refractivity contribution is 6.31. The highest BCUT2D eigenvalue weighted by atomic mass is 35.5. The fourth-order valence-corrected chi connectivity index (χ4v) is 5.50. The predicted molar refractivity (Wildman–Crippen MR) is 131 cm³/mol. The number of anilines is 1. The summed E-state index contributed by atoms with van der Waals surface area (Å²) < 4.78 is 24.3. The molecule has 1 aliphatic heterocycles. The van der Waals surface area contributed by atoms with Crippen LogP contribution in [-0.4, -0.2) is 50.8 Å². The summed E-state index contributed by atoms with van der Waals surface area (Å²) in [5.74, 6) is 0.953. The smallest absolute Gasteiger partial charge is 0.319 e. The molecule has 2 N–H and O–H groups in total. The summed E-state index contributed by atoms with van der Waals surface area (Å²) in [6.07, 6.45) is 3.75. The van der Waals surface area contributed by atoms with Gasteiger partial charge in [-0.2, -0.15) is 0 Å². The van der Waals surface area contributed by atoms with Gasteiger partial charge in [-0.1, -0.05) is 17.7 Å². The van der Waals surface area contributed by atoms with Crippen LogP contribution >= 0.6 is 24.0 Å². The topological polar surface area (TPSA) is 62.8 Å². The van der Waals surface area contributed by atoms with Crippen LogP contribution in [0.4, 0.5) is 14.9 Å². The van der Waals surface area contributed by atoms with Crippen molar-refractivity contribution < 1.29 is 18.7 Å². The van der Waals surface area contributed by atoms with Crippen molar-refractivity contribution in [3.05, 3.63) is 52.8 Å². The van der Waals surface area contributed by atoms with Gasteiger partial charge in [0, 0.05) is 23.2 Å². The van der Waals surface area contributed by atoms with Crippen molar-refractivity contribution in [2.75, 3.05) is 33.1 Å². The third-order valence-corrected chi connectivity index (χ3v) is 7.29. The lowest BCUT2D eigenvalue weighted by molar-refractivity contribution is 0.156. The molecule has 0 spiro atoms. The number of ether oxygens (including phenoxy) is 2. The molecule has 2 aromatic rings. The molecule has 0 radical (unpaired) electrons. The summed E-state index contributed by atoms with van der Waals surface area (Å²) in [4.78, 5) is 14.9. The van der Waals surface area contributed by atoms with Gasteiger partial charge in [0.05, 0.1) is 19.2 Å². The Hall–Kier alpha value is -2.22. The van der Waals surface area contributed by atoms with Crippen molar-refractivity contribution in [3.8, 4) is 11.5 Å². The second kappa shape index (κ2) is 10.4. The van der Waals surface area contributed by atoms with Gasteiger partial charge in [-0.25, -0.2) is 9.18 Å². The number of hydrogen-bond acceptors (Lipinski definition) is 4. The number of fused-ring (bicyclic) bond motifs is 1. The first kappa shape index (κ1) is 25.4. The zero-order valence-corrected chi connectivity index (χ0v) is 20.6. The van der Waals surface area contributed by atoms with Gasteiger partial charge in [0.15, 0.2) is 11.5 Å². The van der Waals surface area contributed by atoms with Crippen molar-refractivity contribution >= 4 is 35.7 Å². The summed E-state index contributed by atoms with van der Waals surface area (Å²) in [6, 6.07) is 10.4. The molecule has 6 nitrogen and oxygen atoms in total. The lowest BCUT2D eigenvalue weighted by Gasteiger charge is -2.45. The van der Waals surface area contributed by atoms with Gasteiger partial charge in [0.25, 0.3) is 0 Å². The van der Waals surface area contributed by atoms with Gasteiger partial charge >= 0.3 is 6.03 Å². The van der Waals surface area contributed by atoms with E-state index in [0.29, 0.717) is 11.7 Å². The van der Waals surface area contributed by atoms with E-state index in [0.717, 1.165) is 43.7 Å². The second-order valence-electron chi connectivity index (χ2n) is 8.67. The van der Waals surface area contributed by atoms with Crippen LogP contribution in [0.15, 0.2) is 36.4 Å². The summed E-state index contributed by atoms with van der Waals surface area (Å²) in [7, 11) is 5.45. The Morgan fingerprint density at radius 3 is 2.61 bits per heavy atom. The zero-order chi connectivity index (χ0) is 22.9. The van der Waals surface area contributed by atoms with Crippen molar-refractivity contribution in [1.29, 1.82) is 0 Å². The number of likely N-dealkylation sites (tertiary alicyclic amines) is 1. The van der Waals surface area contributed by atoms with Gasteiger partial charge in [0.2, 0.25) is 0 Å². The first-order valence-corrected chi connectivity index (χ1v) is 11.2. The summed E-state index contributed by atoms with van der Waals surface area (Å²) in [5.41, 5.74) is 1.74. The van der Waals surface area contributed by atoms with Crippen LogP contribution < -0.4 is 20.1 Å². The van der Waals surface area contributed by atoms with Gasteiger partial charge in [-0.15, -0.1) is 12.4 Å². The zero-order valence-electron chi connectivity index (χ0n) is 19.0. The van der Waals surface area contributed by atoms with Gasteiger partial charge in [0.1, 0.15) is 5.82 Å². The van der Waals surface area contributed by atoms with Crippen molar-refractivity contribution in [3.63, 3.8) is 0 Å². The quantitative estimate of drug-likeness (QED) is 0.593. The van der Waals surface area contributed by atoms with Crippen LogP contribution in [0.1, 0.15) is 31.2 Å². The Labute approximate surface area is 205 Å². The van der Waals surface area contributed by atoms with Crippen molar-refractivity contribution in [1.82, 2.24) is 10.2 Å². The van der Waals surface area contributed by atoms with Crippen molar-refractivity contribution in [2.24, 2.45) is 0 Å². The number of benzene rings is 2. The van der Waals surface area contributed by atoms with E-state index in [1.54, 1.807) is 14.2 Å². The van der Waals surface area contributed by atoms with Crippen LogP contribution in [0.5, 0.6) is 11.5 Å². The predicted octanol–water partition coefficient (Wildman–Crippen LogP) is 5.23. The summed E-state index contributed by atoms with van der Waals surface area (Å²) in [5, 5.41) is 5.82. The lowest BCUT2D eigenvalue weighted by atomic mass is 9.65. The van der Waals surface area contributed by atoms with E-state index in [4.69, 9.17) is 21.1 Å². The molecule has 1 saturated heterocycles. The molecule has 0 unspecified atom stereocenters. The van der Waals surface area contributed by atoms with Crippen molar-refractivity contribution in [2.45, 2.75) is 43.2 Å². The van der Waals surface area contributed by atoms with Crippen LogP contribution in [-0.2, 0) is 5.41 Å². The number of amides is 2. The Morgan fingerprint density at radius 2 is 1.91 bits per heavy atom. The number of urea groups is 1. The number of rotatable bonds is 5. The highest BCUT2D eigenvalue weighted by Crippen LogP contribution is 2.49. The highest BCUT2D eigenvalue weighted by Gasteiger charge is 2.50. The van der Waals surface area contributed by atoms with Crippen LogP contribution in [0.3, 0.4) is 0 Å². The third kappa shape index (κ3) is 5.00. The van der Waals surface area contributed by atoms with E-state index in [-0.39, 0.29) is 34.9 Å². The van der Waals surface area contributed by atoms with Crippen LogP contribution in [0.2, 0.25) is 5.02 Å². The molecule has 2 aromatic carbocycles. The van der Waals surface area contributed by atoms with E-state index >= 15 is 0 Å². The molecule has 2 amide bonds. The Kier molecular flexibility index (Phi) is 7.98. The summed E-state index contributed by atoms with van der Waals surface area (Å²) in [6.45, 7) is 1.01. The molecule has 0 bridgehead atoms. The molecule has 33 heavy (non-hydrogen) atoms. The van der Waals surface area contributed by atoms with E-state index in [1.165, 1.54) is 23.8 Å². The molecule has 2 fully saturated rings. The standard InChI is InChI=1S/C24H29ClFN3O3.ClH/c1-29-11-10-24(15-4-7-20(31-2)21(12-15)32-3)9-8-17(14-22(24)29)28-23(30)27-16-5-6-19(26)18(25)13-16;/h4-7,12-13,17,22H,8-11,14H2,1-3H3,(H2,27,28,30);1H/t17-,22+,24+;/m1./s1. The maximum Gasteiger partial charge on any atom is 0.319 e. The molecule has 4 rings (SSSR count). The number of hydrogen-bond donors (Lipinski definition) is 2. The van der Waals surface area contributed by atoms with E-state index in [1.807, 2.05) is 6.07 Å². The normalized spacial score (nSPS) is 24.4. The Morgan fingerprint density at radius 1 is 1.15 bits per heavy atom. The molecule has 180 valence electrons. The molecule has 1 saturated carbocycles. The average Bonchev–Trinajstić information content (AvgIpc) is 3.13. The maximum absolute atomic E-state index is 13.4. The molecule has 1 heterocycles. The van der Waals surface area contributed by atoms with Gasteiger partial charge in [-0.05, 0) is 75.2 Å². The van der Waals surface area contributed by atoms with E-state index in [2.05, 4.69) is 34.7 Å². The monoisotopic (exact) mass is 497 g/mol. The number of halogens is 3. The maximum atomic E-state index is 13.4. The number of nitrogens with one attached hydrogen (secondary N) is 2. The number of likely N-dealkylation sites (N-methyl/N-ethyl adjacent to an activating group) is 1. The number of methoxy groups -OCH3 is 2. The number of carbonyl (C=O) groups is 1. The van der Waals surface area contributed by atoms with Gasteiger partial charge in [-0.3, -0.25) is 0 Å². The molecule has 2 aliphatic rings. The number of carbonyl (C=O) groups excluding carboxylic acids is 1. The molecule has 9 heteroatoms. The molecular formula is C24H30Cl2FN3O3. The Bertz CT molecular complexity index is 1010. The van der Waals surface area contributed by atoms with Crippen LogP contribution in [0, 0.1) is 5.82 Å². The van der Waals surface area contributed by atoms with Crippen LogP contribution in [0.25, 0.3) is 0 Å². The minimum Gasteiger partial charge on any atom is -0.493 e. The Balaban J connectivity index is 0.00000306. The fraction of sp³-hybridized carbons (Fsp3) is 0.458. The number of nitrogens with zero attached hydrogens (tertiary/aromatic N) is 1. The minimum absolute atomic E-state index is 0. The second-order valence-corrected chi connectivity index (χ2v) is 9.08. The van der Waals surface area contributed by atoms with E-state index < -0.39 is 5.82 Å². The molecule has 0 aromatic heterocycles.